The number of rotatable bonds is 5. The van der Waals surface area contributed by atoms with Crippen LogP contribution in [0.2, 0.25) is 0 Å². The molecule has 0 amide bonds. The fraction of sp³-hybridized carbons (Fsp3) is 0.538. The fourth-order valence-corrected chi connectivity index (χ4v) is 2.61. The summed E-state index contributed by atoms with van der Waals surface area (Å²) >= 11 is 0. The van der Waals surface area contributed by atoms with Gasteiger partial charge in [0.2, 0.25) is 0 Å². The van der Waals surface area contributed by atoms with Gasteiger partial charge in [-0.25, -0.2) is 0 Å². The lowest BCUT2D eigenvalue weighted by Crippen LogP contribution is -2.19. The monoisotopic (exact) mass is 252 g/mol. The Balaban J connectivity index is 1.88. The third-order valence-electron chi connectivity index (χ3n) is 3.17. The van der Waals surface area contributed by atoms with Gasteiger partial charge in [0.05, 0.1) is 0 Å². The Morgan fingerprint density at radius 3 is 3.06 bits per heavy atom. The van der Waals surface area contributed by atoms with Crippen molar-refractivity contribution in [2.45, 2.75) is 13.0 Å². The molecule has 94 valence electrons. The molecule has 1 aromatic carbocycles. The molecule has 0 spiro atoms. The smallest absolute Gasteiger partial charge is 0.0397 e. The molecule has 1 heterocycles. The van der Waals surface area contributed by atoms with Crippen molar-refractivity contribution in [3.63, 3.8) is 0 Å². The van der Waals surface area contributed by atoms with Crippen molar-refractivity contribution in [1.82, 2.24) is 5.32 Å². The van der Waals surface area contributed by atoms with Crippen molar-refractivity contribution in [2.75, 3.05) is 37.0 Å². The fourth-order valence-electron chi connectivity index (χ4n) is 2.18. The Hall–Kier alpha value is -0.870. The number of hydrogen-bond donors (Lipinski definition) is 1. The lowest BCUT2D eigenvalue weighted by atomic mass is 10.1. The molecule has 4 heteroatoms. The summed E-state index contributed by atoms with van der Waals surface area (Å²) in [6.07, 6.45) is 2.89. The highest BCUT2D eigenvalue weighted by molar-refractivity contribution is 7.84. The van der Waals surface area contributed by atoms with Crippen molar-refractivity contribution >= 4 is 16.5 Å². The van der Waals surface area contributed by atoms with Crippen LogP contribution in [0.15, 0.2) is 18.2 Å². The Kier molecular flexibility index (Phi) is 4.18. The average Bonchev–Trinajstić information content (AvgIpc) is 2.66. The Labute approximate surface area is 106 Å². The van der Waals surface area contributed by atoms with Crippen LogP contribution in [0.1, 0.15) is 11.1 Å². The number of benzene rings is 1. The van der Waals surface area contributed by atoms with Crippen LogP contribution in [0.25, 0.3) is 0 Å². The van der Waals surface area contributed by atoms with Crippen molar-refractivity contribution in [1.29, 1.82) is 0 Å². The zero-order valence-electron chi connectivity index (χ0n) is 10.5. The lowest BCUT2D eigenvalue weighted by Gasteiger charge is -2.12. The van der Waals surface area contributed by atoms with E-state index >= 15 is 0 Å². The van der Waals surface area contributed by atoms with Gasteiger partial charge in [-0.05, 0) is 23.6 Å². The second kappa shape index (κ2) is 5.65. The SMILES string of the molecule is CN1CCc2cc(CNCCS(C)=O)ccc21. The van der Waals surface area contributed by atoms with E-state index in [1.807, 2.05) is 0 Å². The van der Waals surface area contributed by atoms with Gasteiger partial charge in [-0.15, -0.1) is 0 Å². The lowest BCUT2D eigenvalue weighted by molar-refractivity contribution is 0.676. The summed E-state index contributed by atoms with van der Waals surface area (Å²) in [7, 11) is 1.44. The van der Waals surface area contributed by atoms with Gasteiger partial charge >= 0.3 is 0 Å². The molecule has 0 radical (unpaired) electrons. The Bertz CT molecular complexity index is 420. The van der Waals surface area contributed by atoms with Crippen LogP contribution in [0.5, 0.6) is 0 Å². The number of fused-ring (bicyclic) bond motifs is 1. The highest BCUT2D eigenvalue weighted by Crippen LogP contribution is 2.27. The molecule has 0 bridgehead atoms. The van der Waals surface area contributed by atoms with Gasteiger partial charge in [0, 0.05) is 55.2 Å². The molecule has 1 unspecified atom stereocenters. The molecule has 3 nitrogen and oxygen atoms in total. The van der Waals surface area contributed by atoms with Crippen LogP contribution in [-0.2, 0) is 23.8 Å². The maximum absolute atomic E-state index is 10.9. The van der Waals surface area contributed by atoms with E-state index in [9.17, 15) is 4.21 Å². The van der Waals surface area contributed by atoms with E-state index in [1.54, 1.807) is 6.26 Å². The molecular weight excluding hydrogens is 232 g/mol. The third kappa shape index (κ3) is 3.30. The molecule has 1 aromatic rings. The Morgan fingerprint density at radius 2 is 2.29 bits per heavy atom. The van der Waals surface area contributed by atoms with Crippen molar-refractivity contribution in [3.8, 4) is 0 Å². The van der Waals surface area contributed by atoms with Crippen LogP contribution in [0.4, 0.5) is 5.69 Å². The first-order valence-electron chi connectivity index (χ1n) is 6.00. The quantitative estimate of drug-likeness (QED) is 0.798. The van der Waals surface area contributed by atoms with Crippen molar-refractivity contribution in [2.24, 2.45) is 0 Å². The van der Waals surface area contributed by atoms with E-state index in [4.69, 9.17) is 0 Å². The predicted molar refractivity (Wildman–Crippen MR) is 74.1 cm³/mol. The van der Waals surface area contributed by atoms with E-state index in [-0.39, 0.29) is 0 Å². The van der Waals surface area contributed by atoms with Crippen LogP contribution < -0.4 is 10.2 Å². The van der Waals surface area contributed by atoms with E-state index in [0.29, 0.717) is 0 Å². The van der Waals surface area contributed by atoms with E-state index in [0.717, 1.165) is 31.8 Å². The average molecular weight is 252 g/mol. The highest BCUT2D eigenvalue weighted by atomic mass is 32.2. The first kappa shape index (κ1) is 12.6. The first-order chi connectivity index (χ1) is 8.16. The number of hydrogen-bond acceptors (Lipinski definition) is 3. The van der Waals surface area contributed by atoms with Gasteiger partial charge in [0.15, 0.2) is 0 Å². The van der Waals surface area contributed by atoms with Gasteiger partial charge in [-0.1, -0.05) is 12.1 Å². The summed E-state index contributed by atoms with van der Waals surface area (Å²) in [5.41, 5.74) is 4.13. The topological polar surface area (TPSA) is 32.3 Å². The largest absolute Gasteiger partial charge is 0.374 e. The number of nitrogens with one attached hydrogen (secondary N) is 1. The molecule has 1 atom stereocenters. The molecule has 0 saturated carbocycles. The number of anilines is 1. The zero-order valence-corrected chi connectivity index (χ0v) is 11.3. The van der Waals surface area contributed by atoms with Gasteiger partial charge in [0.25, 0.3) is 0 Å². The van der Waals surface area contributed by atoms with Gasteiger partial charge in [0.1, 0.15) is 0 Å². The third-order valence-corrected chi connectivity index (χ3v) is 3.95. The number of nitrogens with zero attached hydrogens (tertiary/aromatic N) is 1. The van der Waals surface area contributed by atoms with Crippen LogP contribution >= 0.6 is 0 Å². The van der Waals surface area contributed by atoms with Gasteiger partial charge < -0.3 is 10.2 Å². The standard InChI is InChI=1S/C13H20N2OS/c1-15-7-5-12-9-11(3-4-13(12)15)10-14-6-8-17(2)16/h3-4,9,14H,5-8,10H2,1-2H3. The molecule has 0 aliphatic carbocycles. The van der Waals surface area contributed by atoms with E-state index < -0.39 is 10.8 Å². The van der Waals surface area contributed by atoms with Crippen molar-refractivity contribution < 1.29 is 4.21 Å². The molecular formula is C13H20N2OS. The summed E-state index contributed by atoms with van der Waals surface area (Å²) < 4.78 is 10.9. The maximum Gasteiger partial charge on any atom is 0.0397 e. The van der Waals surface area contributed by atoms with Crippen LogP contribution in [0.3, 0.4) is 0 Å². The Morgan fingerprint density at radius 1 is 1.47 bits per heavy atom. The minimum Gasteiger partial charge on any atom is -0.374 e. The minimum absolute atomic E-state index is 0.697. The van der Waals surface area contributed by atoms with Gasteiger partial charge in [-0.3, -0.25) is 4.21 Å². The molecule has 1 aliphatic rings. The molecule has 1 N–H and O–H groups in total. The van der Waals surface area contributed by atoms with Crippen LogP contribution in [-0.4, -0.2) is 36.4 Å². The maximum atomic E-state index is 10.9. The summed E-state index contributed by atoms with van der Waals surface area (Å²) in [5.74, 6) is 0.730. The molecule has 0 saturated heterocycles. The summed E-state index contributed by atoms with van der Waals surface area (Å²) in [6, 6.07) is 6.67. The van der Waals surface area contributed by atoms with Crippen LogP contribution in [0, 0.1) is 0 Å². The van der Waals surface area contributed by atoms with E-state index in [1.165, 1.54) is 16.8 Å². The highest BCUT2D eigenvalue weighted by Gasteiger charge is 2.15. The zero-order chi connectivity index (χ0) is 12.3. The summed E-state index contributed by atoms with van der Waals surface area (Å²) in [4.78, 5) is 2.30. The second-order valence-electron chi connectivity index (χ2n) is 4.59. The number of likely N-dealkylation sites (N-methyl/N-ethyl adjacent to an activating group) is 1. The predicted octanol–water partition coefficient (Wildman–Crippen LogP) is 1.15. The first-order valence-corrected chi connectivity index (χ1v) is 7.73. The molecule has 0 aromatic heterocycles. The molecule has 1 aliphatic heterocycles. The normalized spacial score (nSPS) is 16.0. The minimum atomic E-state index is -0.697. The second-order valence-corrected chi connectivity index (χ2v) is 6.14. The summed E-state index contributed by atoms with van der Waals surface area (Å²) in [5, 5.41) is 3.33. The van der Waals surface area contributed by atoms with Crippen molar-refractivity contribution in [3.05, 3.63) is 29.3 Å². The molecule has 2 rings (SSSR count). The summed E-state index contributed by atoms with van der Waals surface area (Å²) in [6.45, 7) is 2.81. The van der Waals surface area contributed by atoms with Gasteiger partial charge in [-0.2, -0.15) is 0 Å². The molecule has 0 fully saturated rings. The molecule has 17 heavy (non-hydrogen) atoms. The van der Waals surface area contributed by atoms with E-state index in [2.05, 4.69) is 35.5 Å².